The molecule has 0 unspecified atom stereocenters. The molecule has 2 aliphatic rings. The van der Waals surface area contributed by atoms with E-state index < -0.39 is 46.4 Å². The monoisotopic (exact) mass is 503 g/mol. The number of halogens is 6. The maximum Gasteiger partial charge on any atom is 0.446 e. The molecule has 2 heterocycles. The number of aromatic nitrogens is 2. The average Bonchev–Trinajstić information content (AvgIpc) is 2.79. The van der Waals surface area contributed by atoms with Crippen molar-refractivity contribution in [1.82, 2.24) is 9.55 Å². The van der Waals surface area contributed by atoms with Gasteiger partial charge in [0.1, 0.15) is 5.56 Å². The number of fused-ring (bicyclic) bond motifs is 1. The Kier molecular flexibility index (Phi) is 6.58. The molecule has 0 amide bonds. The van der Waals surface area contributed by atoms with Gasteiger partial charge in [-0.25, -0.2) is 10.1 Å². The van der Waals surface area contributed by atoms with Crippen molar-refractivity contribution in [3.8, 4) is 0 Å². The van der Waals surface area contributed by atoms with Crippen molar-refractivity contribution in [3.63, 3.8) is 0 Å². The fourth-order valence-corrected chi connectivity index (χ4v) is 4.96. The van der Waals surface area contributed by atoms with E-state index in [1.54, 1.807) is 40.3 Å². The summed E-state index contributed by atoms with van der Waals surface area (Å²) in [6.07, 6.45) is -6.92. The van der Waals surface area contributed by atoms with Crippen molar-refractivity contribution in [2.45, 2.75) is 69.4 Å². The van der Waals surface area contributed by atoms with Crippen molar-refractivity contribution < 1.29 is 31.3 Å². The Bertz CT molecular complexity index is 1190. The number of nitrogens with zero attached hydrogens (tertiary/aromatic N) is 1. The lowest BCUT2D eigenvalue weighted by atomic mass is 9.85. The Morgan fingerprint density at radius 1 is 0.971 bits per heavy atom. The van der Waals surface area contributed by atoms with Gasteiger partial charge in [-0.1, -0.05) is 62.4 Å². The highest BCUT2D eigenvalue weighted by atomic mass is 19.4. The topological polar surface area (TPSA) is 80.9 Å². The van der Waals surface area contributed by atoms with Gasteiger partial charge in [-0.2, -0.15) is 26.3 Å². The Morgan fingerprint density at radius 3 is 2.20 bits per heavy atom. The maximum absolute atomic E-state index is 14.3. The number of amidine groups is 1. The summed E-state index contributed by atoms with van der Waals surface area (Å²) in [4.78, 5) is 28.4. The molecule has 190 valence electrons. The number of hydrogen-bond acceptors (Lipinski definition) is 3. The Morgan fingerprint density at radius 2 is 1.60 bits per heavy atom. The molecule has 1 aliphatic carbocycles. The molecule has 1 aromatic heterocycles. The molecule has 0 spiro atoms. The highest BCUT2D eigenvalue weighted by molar-refractivity contribution is 5.92. The summed E-state index contributed by atoms with van der Waals surface area (Å²) < 4.78 is 86.6. The van der Waals surface area contributed by atoms with E-state index >= 15 is 0 Å². The molecule has 2 aromatic rings. The van der Waals surface area contributed by atoms with Crippen molar-refractivity contribution in [2.75, 3.05) is 5.32 Å². The predicted molar refractivity (Wildman–Crippen MR) is 116 cm³/mol. The molecule has 1 aromatic carbocycles. The van der Waals surface area contributed by atoms with E-state index in [9.17, 15) is 35.9 Å². The molecule has 0 radical (unpaired) electrons. The number of hydrogen-bond donors (Lipinski definition) is 3. The van der Waals surface area contributed by atoms with E-state index in [0.29, 0.717) is 16.6 Å². The van der Waals surface area contributed by atoms with Crippen LogP contribution in [0, 0.1) is 5.92 Å². The molecule has 0 saturated heterocycles. The molecule has 1 aliphatic heterocycles. The van der Waals surface area contributed by atoms with Crippen LogP contribution >= 0.6 is 0 Å². The van der Waals surface area contributed by atoms with Gasteiger partial charge in [0.25, 0.3) is 5.56 Å². The van der Waals surface area contributed by atoms with Gasteiger partial charge in [-0.3, -0.25) is 19.3 Å². The quantitative estimate of drug-likeness (QED) is 0.549. The normalized spacial score (nSPS) is 18.5. The first-order chi connectivity index (χ1) is 16.4. The summed E-state index contributed by atoms with van der Waals surface area (Å²) in [6, 6.07) is 8.04. The number of benzene rings is 1. The lowest BCUT2D eigenvalue weighted by Gasteiger charge is -2.35. The molecule has 4 rings (SSSR count). The zero-order chi connectivity index (χ0) is 25.4. The molecule has 35 heavy (non-hydrogen) atoms. The van der Waals surface area contributed by atoms with Gasteiger partial charge in [0, 0.05) is 6.42 Å². The fourth-order valence-electron chi connectivity index (χ4n) is 4.96. The second-order valence-corrected chi connectivity index (χ2v) is 9.07. The number of aromatic amines is 1. The van der Waals surface area contributed by atoms with Crippen molar-refractivity contribution in [1.29, 1.82) is 0 Å². The molecular weight excluding hydrogens is 478 g/mol. The Labute approximate surface area is 196 Å². The first kappa shape index (κ1) is 25.1. The third-order valence-electron chi connectivity index (χ3n) is 6.74. The van der Waals surface area contributed by atoms with Crippen molar-refractivity contribution in [2.24, 2.45) is 5.92 Å². The average molecular weight is 503 g/mol. The van der Waals surface area contributed by atoms with E-state index in [1.807, 2.05) is 0 Å². The van der Waals surface area contributed by atoms with Gasteiger partial charge in [0.05, 0.1) is 6.54 Å². The highest BCUT2D eigenvalue weighted by Crippen LogP contribution is 2.48. The minimum atomic E-state index is -5.93. The van der Waals surface area contributed by atoms with Gasteiger partial charge in [-0.15, -0.1) is 0 Å². The predicted octanol–water partition coefficient (Wildman–Crippen LogP) is 3.17. The standard InChI is InChI=1S/C23H24F6N4O2/c24-22(25,26)21(23(27,28)29)17-18(30-16(32-21)12-11-14-7-3-1-4-8-14)33(20(35)31-19(17)34)13-15-9-5-2-6-10-15/h2,5-6,9-10,14H,1,3-4,7-8,11-13H2,(H,30,32)(H,31,34,35)/p+1. The van der Waals surface area contributed by atoms with E-state index in [0.717, 1.165) is 32.1 Å². The first-order valence-electron chi connectivity index (χ1n) is 11.4. The van der Waals surface area contributed by atoms with Crippen LogP contribution in [-0.4, -0.2) is 27.7 Å². The molecule has 0 bridgehead atoms. The summed E-state index contributed by atoms with van der Waals surface area (Å²) in [5.74, 6) is -1.06. The summed E-state index contributed by atoms with van der Waals surface area (Å²) in [7, 11) is 0. The van der Waals surface area contributed by atoms with Crippen LogP contribution in [0.4, 0.5) is 32.2 Å². The zero-order valence-electron chi connectivity index (χ0n) is 18.7. The zero-order valence-corrected chi connectivity index (χ0v) is 18.7. The molecular formula is C23H25F6N4O2+. The van der Waals surface area contributed by atoms with Crippen LogP contribution in [0.1, 0.15) is 56.1 Å². The van der Waals surface area contributed by atoms with Crippen LogP contribution in [0.25, 0.3) is 0 Å². The van der Waals surface area contributed by atoms with Crippen molar-refractivity contribution in [3.05, 3.63) is 62.3 Å². The third kappa shape index (κ3) is 4.62. The smallest absolute Gasteiger partial charge is 0.273 e. The molecule has 3 N–H and O–H groups in total. The highest BCUT2D eigenvalue weighted by Gasteiger charge is 2.78. The molecule has 1 saturated carbocycles. The molecule has 6 nitrogen and oxygen atoms in total. The second kappa shape index (κ2) is 9.19. The van der Waals surface area contributed by atoms with E-state index in [4.69, 9.17) is 0 Å². The van der Waals surface area contributed by atoms with Gasteiger partial charge in [-0.05, 0) is 17.9 Å². The number of rotatable bonds is 5. The summed E-state index contributed by atoms with van der Waals surface area (Å²) in [6.45, 7) is -0.340. The van der Waals surface area contributed by atoms with E-state index in [-0.39, 0.29) is 18.9 Å². The molecule has 12 heteroatoms. The lowest BCUT2D eigenvalue weighted by molar-refractivity contribution is -0.659. The number of H-pyrrole nitrogens is 1. The van der Waals surface area contributed by atoms with Gasteiger partial charge >= 0.3 is 23.6 Å². The third-order valence-corrected chi connectivity index (χ3v) is 6.74. The van der Waals surface area contributed by atoms with Crippen LogP contribution in [0.3, 0.4) is 0 Å². The maximum atomic E-state index is 14.3. The minimum absolute atomic E-state index is 0.121. The summed E-state index contributed by atoms with van der Waals surface area (Å²) in [5.41, 5.74) is -8.72. The molecule has 0 atom stereocenters. The SMILES string of the molecule is O=c1[nH]c(=O)n(Cc2ccccc2)c2c1C(C(F)(F)F)(C(F)(F)F)[NH+]=C(CCC1CCCCC1)N2. The van der Waals surface area contributed by atoms with Gasteiger partial charge in [0.2, 0.25) is 11.7 Å². The second-order valence-electron chi connectivity index (χ2n) is 9.07. The summed E-state index contributed by atoms with van der Waals surface area (Å²) in [5, 5.41) is 2.55. The Hall–Kier alpha value is -3.05. The lowest BCUT2D eigenvalue weighted by Crippen LogP contribution is -2.97. The van der Waals surface area contributed by atoms with Crippen LogP contribution in [0.5, 0.6) is 0 Å². The Balaban J connectivity index is 1.89. The molecule has 1 fully saturated rings. The number of anilines is 1. The number of alkyl halides is 6. The number of nitrogens with one attached hydrogen (secondary N) is 3. The first-order valence-corrected chi connectivity index (χ1v) is 11.4. The van der Waals surface area contributed by atoms with Crippen molar-refractivity contribution >= 4 is 11.7 Å². The van der Waals surface area contributed by atoms with E-state index in [1.165, 1.54) is 0 Å². The largest absolute Gasteiger partial charge is 0.446 e. The van der Waals surface area contributed by atoms with Crippen LogP contribution < -0.4 is 21.6 Å². The van der Waals surface area contributed by atoms with Gasteiger partial charge in [0.15, 0.2) is 0 Å². The summed E-state index contributed by atoms with van der Waals surface area (Å²) >= 11 is 0. The minimum Gasteiger partial charge on any atom is -0.273 e. The van der Waals surface area contributed by atoms with Crippen LogP contribution in [0.2, 0.25) is 0 Å². The van der Waals surface area contributed by atoms with E-state index in [2.05, 4.69) is 5.32 Å². The fraction of sp³-hybridized carbons (Fsp3) is 0.522. The van der Waals surface area contributed by atoms with Gasteiger partial charge < -0.3 is 0 Å². The van der Waals surface area contributed by atoms with Crippen LogP contribution in [-0.2, 0) is 12.1 Å². The van der Waals surface area contributed by atoms with Crippen LogP contribution in [0.15, 0.2) is 39.9 Å².